The van der Waals surface area contributed by atoms with Crippen molar-refractivity contribution < 1.29 is 19.0 Å². The van der Waals surface area contributed by atoms with Crippen LogP contribution in [0.25, 0.3) is 0 Å². The van der Waals surface area contributed by atoms with E-state index in [1.54, 1.807) is 25.3 Å². The smallest absolute Gasteiger partial charge is 0.165 e. The number of ether oxygens (including phenoxy) is 2. The first-order valence-electron chi connectivity index (χ1n) is 10.8. The maximum Gasteiger partial charge on any atom is 0.165 e. The molecule has 0 aliphatic carbocycles. The first-order valence-corrected chi connectivity index (χ1v) is 10.8. The molecule has 2 saturated heterocycles. The summed E-state index contributed by atoms with van der Waals surface area (Å²) in [4.78, 5) is 4.93. The van der Waals surface area contributed by atoms with Crippen LogP contribution in [-0.4, -0.2) is 61.5 Å². The Balaban J connectivity index is 1.24. The molecule has 2 heterocycles. The van der Waals surface area contributed by atoms with Crippen LogP contribution in [0.5, 0.6) is 11.5 Å². The van der Waals surface area contributed by atoms with Crippen LogP contribution in [-0.2, 0) is 0 Å². The minimum Gasteiger partial charge on any atom is -0.497 e. The lowest BCUT2D eigenvalue weighted by Crippen LogP contribution is -2.53. The van der Waals surface area contributed by atoms with Crippen molar-refractivity contribution in [3.63, 3.8) is 0 Å². The van der Waals surface area contributed by atoms with Crippen LogP contribution in [0.4, 0.5) is 10.1 Å². The van der Waals surface area contributed by atoms with Crippen molar-refractivity contribution in [2.45, 2.75) is 37.3 Å². The Morgan fingerprint density at radius 3 is 2.30 bits per heavy atom. The molecular weight excluding hydrogens is 383 g/mol. The SMILES string of the molecule is COc1ccc(N2CCC(N3CCC(O)(COc4ccccc4F)CC3)CC2)cc1. The molecule has 2 aromatic rings. The fraction of sp³-hybridized carbons (Fsp3) is 0.500. The maximum absolute atomic E-state index is 13.7. The number of hydrogen-bond acceptors (Lipinski definition) is 5. The van der Waals surface area contributed by atoms with Crippen molar-refractivity contribution >= 4 is 5.69 Å². The number of nitrogens with zero attached hydrogens (tertiary/aromatic N) is 2. The maximum atomic E-state index is 13.7. The van der Waals surface area contributed by atoms with Crippen molar-refractivity contribution in [2.24, 2.45) is 0 Å². The van der Waals surface area contributed by atoms with Crippen LogP contribution >= 0.6 is 0 Å². The Labute approximate surface area is 178 Å². The first-order chi connectivity index (χ1) is 14.6. The molecule has 2 fully saturated rings. The van der Waals surface area contributed by atoms with Crippen LogP contribution < -0.4 is 14.4 Å². The standard InChI is InChI=1S/C24H31FN2O3/c1-29-21-8-6-19(7-9-21)26-14-10-20(11-15-26)27-16-12-24(28,13-17-27)18-30-23-5-3-2-4-22(23)25/h2-9,20,28H,10-18H2,1H3. The summed E-state index contributed by atoms with van der Waals surface area (Å²) < 4.78 is 24.6. The van der Waals surface area contributed by atoms with E-state index in [0.717, 1.165) is 44.8 Å². The van der Waals surface area contributed by atoms with Gasteiger partial charge < -0.3 is 24.4 Å². The highest BCUT2D eigenvalue weighted by molar-refractivity contribution is 5.49. The number of hydrogen-bond donors (Lipinski definition) is 1. The average molecular weight is 415 g/mol. The lowest BCUT2D eigenvalue weighted by molar-refractivity contribution is -0.0615. The zero-order valence-corrected chi connectivity index (χ0v) is 17.6. The quantitative estimate of drug-likeness (QED) is 0.781. The number of aliphatic hydroxyl groups is 1. The number of anilines is 1. The molecule has 30 heavy (non-hydrogen) atoms. The fourth-order valence-corrected chi connectivity index (χ4v) is 4.51. The van der Waals surface area contributed by atoms with Crippen molar-refractivity contribution in [2.75, 3.05) is 44.8 Å². The van der Waals surface area contributed by atoms with Crippen LogP contribution in [0.15, 0.2) is 48.5 Å². The van der Waals surface area contributed by atoms with Crippen LogP contribution in [0.3, 0.4) is 0 Å². The highest BCUT2D eigenvalue weighted by Crippen LogP contribution is 2.30. The molecular formula is C24H31FN2O3. The summed E-state index contributed by atoms with van der Waals surface area (Å²) >= 11 is 0. The molecule has 0 aromatic heterocycles. The van der Waals surface area contributed by atoms with Gasteiger partial charge in [-0.25, -0.2) is 4.39 Å². The molecule has 2 aliphatic heterocycles. The molecule has 0 atom stereocenters. The molecule has 6 heteroatoms. The normalized spacial score (nSPS) is 20.2. The molecule has 0 radical (unpaired) electrons. The van der Waals surface area contributed by atoms with Gasteiger partial charge in [0.05, 0.1) is 7.11 Å². The molecule has 4 rings (SSSR count). The second-order valence-electron chi connectivity index (χ2n) is 8.40. The Bertz CT molecular complexity index is 813. The predicted molar refractivity (Wildman–Crippen MR) is 116 cm³/mol. The van der Waals surface area contributed by atoms with Gasteiger partial charge in [0, 0.05) is 37.9 Å². The fourth-order valence-electron chi connectivity index (χ4n) is 4.51. The highest BCUT2D eigenvalue weighted by atomic mass is 19.1. The van der Waals surface area contributed by atoms with E-state index in [0.29, 0.717) is 18.9 Å². The van der Waals surface area contributed by atoms with Gasteiger partial charge in [-0.15, -0.1) is 0 Å². The number of piperidine rings is 2. The summed E-state index contributed by atoms with van der Waals surface area (Å²) in [5.74, 6) is 0.704. The minimum absolute atomic E-state index is 0.137. The van der Waals surface area contributed by atoms with E-state index in [1.807, 2.05) is 12.1 Å². The molecule has 0 unspecified atom stereocenters. The number of benzene rings is 2. The lowest BCUT2D eigenvalue weighted by atomic mass is 9.90. The number of likely N-dealkylation sites (tertiary alicyclic amines) is 1. The third-order valence-electron chi connectivity index (χ3n) is 6.48. The van der Waals surface area contributed by atoms with Gasteiger partial charge in [-0.3, -0.25) is 0 Å². The third-order valence-corrected chi connectivity index (χ3v) is 6.48. The van der Waals surface area contributed by atoms with Crippen LogP contribution in [0, 0.1) is 5.82 Å². The van der Waals surface area contributed by atoms with Gasteiger partial charge in [0.25, 0.3) is 0 Å². The number of halogens is 1. The molecule has 0 spiro atoms. The van der Waals surface area contributed by atoms with Gasteiger partial charge in [0.15, 0.2) is 11.6 Å². The average Bonchev–Trinajstić information content (AvgIpc) is 2.79. The number of rotatable bonds is 6. The summed E-state index contributed by atoms with van der Waals surface area (Å²) in [7, 11) is 1.69. The molecule has 1 N–H and O–H groups in total. The Kier molecular flexibility index (Phi) is 6.44. The van der Waals surface area contributed by atoms with Gasteiger partial charge in [0.1, 0.15) is 18.0 Å². The lowest BCUT2D eigenvalue weighted by Gasteiger charge is -2.44. The second kappa shape index (κ2) is 9.23. The summed E-state index contributed by atoms with van der Waals surface area (Å²) in [5, 5.41) is 10.9. The van der Waals surface area contributed by atoms with Crippen LogP contribution in [0.2, 0.25) is 0 Å². The van der Waals surface area contributed by atoms with Gasteiger partial charge in [-0.1, -0.05) is 12.1 Å². The van der Waals surface area contributed by atoms with E-state index in [1.165, 1.54) is 11.8 Å². The van der Waals surface area contributed by atoms with E-state index in [-0.39, 0.29) is 18.2 Å². The minimum atomic E-state index is -0.886. The van der Waals surface area contributed by atoms with E-state index in [9.17, 15) is 9.50 Å². The van der Waals surface area contributed by atoms with Crippen molar-refractivity contribution in [3.8, 4) is 11.5 Å². The monoisotopic (exact) mass is 414 g/mol. The highest BCUT2D eigenvalue weighted by Gasteiger charge is 2.36. The summed E-state index contributed by atoms with van der Waals surface area (Å²) in [5.41, 5.74) is 0.357. The Morgan fingerprint density at radius 2 is 1.67 bits per heavy atom. The van der Waals surface area contributed by atoms with Crippen LogP contribution in [0.1, 0.15) is 25.7 Å². The number of methoxy groups -OCH3 is 1. The van der Waals surface area contributed by atoms with Gasteiger partial charge in [-0.2, -0.15) is 0 Å². The topological polar surface area (TPSA) is 45.2 Å². The predicted octanol–water partition coefficient (Wildman–Crippen LogP) is 3.71. The van der Waals surface area contributed by atoms with Gasteiger partial charge in [-0.05, 0) is 62.1 Å². The van der Waals surface area contributed by atoms with Crippen molar-refractivity contribution in [3.05, 3.63) is 54.3 Å². The zero-order valence-electron chi connectivity index (χ0n) is 17.6. The number of para-hydroxylation sites is 1. The zero-order chi connectivity index (χ0) is 21.0. The third kappa shape index (κ3) is 4.87. The van der Waals surface area contributed by atoms with Gasteiger partial charge in [0.2, 0.25) is 0 Å². The van der Waals surface area contributed by atoms with E-state index < -0.39 is 5.60 Å². The molecule has 0 saturated carbocycles. The summed E-state index contributed by atoms with van der Waals surface area (Å²) in [6.45, 7) is 3.91. The molecule has 0 bridgehead atoms. The molecule has 2 aromatic carbocycles. The second-order valence-corrected chi connectivity index (χ2v) is 8.40. The van der Waals surface area contributed by atoms with E-state index in [4.69, 9.17) is 9.47 Å². The van der Waals surface area contributed by atoms with E-state index >= 15 is 0 Å². The van der Waals surface area contributed by atoms with Gasteiger partial charge >= 0.3 is 0 Å². The molecule has 2 aliphatic rings. The largest absolute Gasteiger partial charge is 0.497 e. The summed E-state index contributed by atoms with van der Waals surface area (Å²) in [6, 6.07) is 15.2. The van der Waals surface area contributed by atoms with E-state index in [2.05, 4.69) is 21.9 Å². The van der Waals surface area contributed by atoms with Crippen molar-refractivity contribution in [1.29, 1.82) is 0 Å². The first kappa shape index (κ1) is 20.9. The molecule has 0 amide bonds. The summed E-state index contributed by atoms with van der Waals surface area (Å²) in [6.07, 6.45) is 3.55. The van der Waals surface area contributed by atoms with Crippen molar-refractivity contribution in [1.82, 2.24) is 4.90 Å². The molecule has 5 nitrogen and oxygen atoms in total. The Morgan fingerprint density at radius 1 is 1.00 bits per heavy atom. The molecule has 162 valence electrons. The Hall–Kier alpha value is -2.31.